The zero-order valence-corrected chi connectivity index (χ0v) is 10.2. The van der Waals surface area contributed by atoms with E-state index in [0.29, 0.717) is 18.3 Å². The second-order valence-electron chi connectivity index (χ2n) is 4.37. The molecule has 1 saturated carbocycles. The van der Waals surface area contributed by atoms with E-state index in [4.69, 9.17) is 16.0 Å². The van der Waals surface area contributed by atoms with Crippen molar-refractivity contribution < 1.29 is 10.3 Å². The van der Waals surface area contributed by atoms with Crippen LogP contribution in [-0.2, 0) is 0 Å². The summed E-state index contributed by atoms with van der Waals surface area (Å²) in [6, 6.07) is 5.82. The summed E-state index contributed by atoms with van der Waals surface area (Å²) in [6.07, 6.45) is 3.46. The number of anilines is 1. The van der Waals surface area contributed by atoms with Gasteiger partial charge in [-0.1, -0.05) is 11.2 Å². The summed E-state index contributed by atoms with van der Waals surface area (Å²) < 4.78 is 0. The molecule has 1 fully saturated rings. The first-order valence-electron chi connectivity index (χ1n) is 6.08. The Hall–Kier alpha value is -1.82. The molecule has 1 aromatic heterocycles. The maximum atomic E-state index is 9.13. The van der Waals surface area contributed by atoms with Gasteiger partial charge in [0.25, 0.3) is 0 Å². The first-order chi connectivity index (χ1) is 8.76. The molecule has 0 aliphatic heterocycles. The number of hydrogen-bond donors (Lipinski definition) is 3. The molecule has 0 aromatic carbocycles. The lowest BCUT2D eigenvalue weighted by molar-refractivity contribution is 0.283. The van der Waals surface area contributed by atoms with E-state index in [1.165, 1.54) is 6.42 Å². The maximum absolute atomic E-state index is 9.13. The van der Waals surface area contributed by atoms with Crippen LogP contribution in [0.3, 0.4) is 0 Å². The van der Waals surface area contributed by atoms with Crippen LogP contribution in [0.2, 0.25) is 0 Å². The number of oxime groups is 1. The highest BCUT2D eigenvalue weighted by Gasteiger charge is 2.25. The van der Waals surface area contributed by atoms with Gasteiger partial charge in [-0.15, -0.1) is 0 Å². The molecule has 18 heavy (non-hydrogen) atoms. The van der Waals surface area contributed by atoms with Crippen molar-refractivity contribution in [3.63, 3.8) is 0 Å². The van der Waals surface area contributed by atoms with Crippen molar-refractivity contribution in [1.82, 2.24) is 4.98 Å². The first-order valence-corrected chi connectivity index (χ1v) is 6.08. The molecule has 0 saturated heterocycles. The zero-order chi connectivity index (χ0) is 13.0. The SMILES string of the molecule is N/C(=N/O)c1cccc(N(CCO)C2CCC2)n1. The minimum atomic E-state index is -0.00518. The van der Waals surface area contributed by atoms with Gasteiger partial charge >= 0.3 is 0 Å². The van der Waals surface area contributed by atoms with Crippen LogP contribution in [0.15, 0.2) is 23.4 Å². The van der Waals surface area contributed by atoms with Crippen molar-refractivity contribution in [2.24, 2.45) is 10.9 Å². The number of hydrogen-bond acceptors (Lipinski definition) is 5. The molecule has 4 N–H and O–H groups in total. The quantitative estimate of drug-likeness (QED) is 0.306. The number of aliphatic hydroxyl groups is 1. The predicted octanol–water partition coefficient (Wildman–Crippen LogP) is 0.527. The third-order valence-corrected chi connectivity index (χ3v) is 3.26. The average Bonchev–Trinajstić information content (AvgIpc) is 2.35. The predicted molar refractivity (Wildman–Crippen MR) is 68.8 cm³/mol. The molecule has 1 aromatic rings. The largest absolute Gasteiger partial charge is 0.409 e. The summed E-state index contributed by atoms with van der Waals surface area (Å²) in [7, 11) is 0. The van der Waals surface area contributed by atoms with Gasteiger partial charge in [0.05, 0.1) is 6.61 Å². The van der Waals surface area contributed by atoms with Gasteiger partial charge in [-0.3, -0.25) is 0 Å². The van der Waals surface area contributed by atoms with Crippen LogP contribution in [0.4, 0.5) is 5.82 Å². The van der Waals surface area contributed by atoms with Gasteiger partial charge in [-0.25, -0.2) is 4.98 Å². The smallest absolute Gasteiger partial charge is 0.188 e. The fraction of sp³-hybridized carbons (Fsp3) is 0.500. The van der Waals surface area contributed by atoms with Crippen LogP contribution in [0.5, 0.6) is 0 Å². The molecule has 2 rings (SSSR count). The van der Waals surface area contributed by atoms with Crippen LogP contribution < -0.4 is 10.6 Å². The summed E-state index contributed by atoms with van der Waals surface area (Å²) in [4.78, 5) is 6.45. The lowest BCUT2D eigenvalue weighted by Gasteiger charge is -2.38. The number of aliphatic hydroxyl groups excluding tert-OH is 1. The highest BCUT2D eigenvalue weighted by molar-refractivity contribution is 5.95. The Morgan fingerprint density at radius 1 is 1.50 bits per heavy atom. The van der Waals surface area contributed by atoms with E-state index in [2.05, 4.69) is 15.0 Å². The van der Waals surface area contributed by atoms with Gasteiger partial charge in [-0.05, 0) is 31.4 Å². The summed E-state index contributed by atoms with van der Waals surface area (Å²) in [6.45, 7) is 0.642. The van der Waals surface area contributed by atoms with Crippen molar-refractivity contribution in [3.8, 4) is 0 Å². The topological polar surface area (TPSA) is 95.0 Å². The second-order valence-corrected chi connectivity index (χ2v) is 4.37. The summed E-state index contributed by atoms with van der Waals surface area (Å²) in [5.41, 5.74) is 5.97. The second kappa shape index (κ2) is 5.68. The Balaban J connectivity index is 2.23. The lowest BCUT2D eigenvalue weighted by atomic mass is 9.91. The molecular weight excluding hydrogens is 232 g/mol. The number of nitrogens with two attached hydrogens (primary N) is 1. The van der Waals surface area contributed by atoms with E-state index in [9.17, 15) is 0 Å². The van der Waals surface area contributed by atoms with E-state index in [1.54, 1.807) is 6.07 Å². The summed E-state index contributed by atoms with van der Waals surface area (Å²) in [5.74, 6) is 0.757. The number of amidine groups is 1. The molecule has 1 heterocycles. The van der Waals surface area contributed by atoms with E-state index < -0.39 is 0 Å². The Kier molecular flexibility index (Phi) is 3.99. The molecule has 0 radical (unpaired) electrons. The number of nitrogens with zero attached hydrogens (tertiary/aromatic N) is 3. The van der Waals surface area contributed by atoms with Crippen molar-refractivity contribution >= 4 is 11.7 Å². The first kappa shape index (κ1) is 12.6. The standard InChI is InChI=1S/C12H18N4O2/c13-12(15-18)10-5-2-6-11(14-10)16(7-8-17)9-3-1-4-9/h2,5-6,9,17-18H,1,3-4,7-8H2,(H2,13,15). The molecule has 1 aliphatic rings. The van der Waals surface area contributed by atoms with Crippen molar-refractivity contribution in [3.05, 3.63) is 23.9 Å². The summed E-state index contributed by atoms with van der Waals surface area (Å²) >= 11 is 0. The van der Waals surface area contributed by atoms with Crippen LogP contribution in [-0.4, -0.2) is 40.3 Å². The number of pyridine rings is 1. The van der Waals surface area contributed by atoms with Gasteiger partial charge < -0.3 is 20.9 Å². The third-order valence-electron chi connectivity index (χ3n) is 3.26. The van der Waals surface area contributed by atoms with Gasteiger partial charge in [0.2, 0.25) is 0 Å². The Morgan fingerprint density at radius 2 is 2.28 bits per heavy atom. The van der Waals surface area contributed by atoms with E-state index in [0.717, 1.165) is 18.7 Å². The van der Waals surface area contributed by atoms with Gasteiger partial charge in [0.15, 0.2) is 5.84 Å². The van der Waals surface area contributed by atoms with Gasteiger partial charge in [0, 0.05) is 12.6 Å². The molecule has 0 amide bonds. The maximum Gasteiger partial charge on any atom is 0.188 e. The van der Waals surface area contributed by atoms with Crippen molar-refractivity contribution in [1.29, 1.82) is 0 Å². The molecule has 0 unspecified atom stereocenters. The lowest BCUT2D eigenvalue weighted by Crippen LogP contribution is -2.42. The molecule has 98 valence electrons. The third kappa shape index (κ3) is 2.53. The van der Waals surface area contributed by atoms with E-state index in [-0.39, 0.29) is 12.4 Å². The highest BCUT2D eigenvalue weighted by Crippen LogP contribution is 2.28. The Bertz CT molecular complexity index is 432. The number of rotatable bonds is 5. The highest BCUT2D eigenvalue weighted by atomic mass is 16.4. The Morgan fingerprint density at radius 3 is 2.83 bits per heavy atom. The fourth-order valence-corrected chi connectivity index (χ4v) is 2.07. The normalized spacial score (nSPS) is 16.4. The van der Waals surface area contributed by atoms with Crippen molar-refractivity contribution in [2.45, 2.75) is 25.3 Å². The number of aromatic nitrogens is 1. The monoisotopic (exact) mass is 250 g/mol. The molecular formula is C12H18N4O2. The average molecular weight is 250 g/mol. The van der Waals surface area contributed by atoms with Crippen molar-refractivity contribution in [2.75, 3.05) is 18.1 Å². The van der Waals surface area contributed by atoms with E-state index in [1.807, 2.05) is 12.1 Å². The molecule has 0 atom stereocenters. The minimum Gasteiger partial charge on any atom is -0.409 e. The van der Waals surface area contributed by atoms with Crippen LogP contribution in [0.25, 0.3) is 0 Å². The van der Waals surface area contributed by atoms with Gasteiger partial charge in [0.1, 0.15) is 11.5 Å². The fourth-order valence-electron chi connectivity index (χ4n) is 2.07. The minimum absolute atomic E-state index is 0.00518. The molecule has 0 spiro atoms. The summed E-state index contributed by atoms with van der Waals surface area (Å²) in [5, 5.41) is 20.7. The molecule has 1 aliphatic carbocycles. The van der Waals surface area contributed by atoms with Crippen LogP contribution in [0.1, 0.15) is 25.0 Å². The van der Waals surface area contributed by atoms with Crippen LogP contribution >= 0.6 is 0 Å². The zero-order valence-electron chi connectivity index (χ0n) is 10.2. The molecule has 6 nitrogen and oxygen atoms in total. The van der Waals surface area contributed by atoms with Gasteiger partial charge in [-0.2, -0.15) is 0 Å². The van der Waals surface area contributed by atoms with Crippen LogP contribution in [0, 0.1) is 0 Å². The van der Waals surface area contributed by atoms with E-state index >= 15 is 0 Å². The molecule has 6 heteroatoms. The molecule has 0 bridgehead atoms. The Labute approximate surface area is 106 Å².